The van der Waals surface area contributed by atoms with Crippen molar-refractivity contribution in [3.63, 3.8) is 0 Å². The minimum Gasteiger partial charge on any atom is -0.394 e. The van der Waals surface area contributed by atoms with Crippen molar-refractivity contribution in [1.82, 2.24) is 0 Å². The Morgan fingerprint density at radius 1 is 0.593 bits per heavy atom. The highest BCUT2D eigenvalue weighted by atomic mass is 32.2. The molecular weight excluding hydrogens is 380 g/mol. The van der Waals surface area contributed by atoms with Crippen molar-refractivity contribution in [2.45, 2.75) is 114 Å². The summed E-state index contributed by atoms with van der Waals surface area (Å²) in [6.45, 7) is 3.90. The number of thioether (sulfide) groups is 2. The second kappa shape index (κ2) is 19.8. The summed E-state index contributed by atoms with van der Waals surface area (Å²) in [6, 6.07) is 0. The highest BCUT2D eigenvalue weighted by molar-refractivity contribution is 8.17. The zero-order valence-corrected chi connectivity index (χ0v) is 19.2. The first-order valence-electron chi connectivity index (χ1n) is 11.0. The summed E-state index contributed by atoms with van der Waals surface area (Å²) in [5, 5.41) is 39.2. The van der Waals surface area contributed by atoms with Gasteiger partial charge in [0.1, 0.15) is 18.3 Å². The van der Waals surface area contributed by atoms with Crippen LogP contribution in [-0.4, -0.2) is 61.4 Å². The van der Waals surface area contributed by atoms with Crippen LogP contribution in [0.4, 0.5) is 0 Å². The van der Waals surface area contributed by atoms with E-state index in [2.05, 4.69) is 13.8 Å². The Morgan fingerprint density at radius 3 is 1.41 bits per heavy atom. The lowest BCUT2D eigenvalue weighted by molar-refractivity contribution is -0.0706. The molecular formula is C21H44O4S2. The van der Waals surface area contributed by atoms with Crippen LogP contribution in [0.15, 0.2) is 0 Å². The van der Waals surface area contributed by atoms with Gasteiger partial charge in [-0.05, 0) is 24.3 Å². The molecule has 4 N–H and O–H groups in total. The average molecular weight is 425 g/mol. The van der Waals surface area contributed by atoms with E-state index in [0.717, 1.165) is 24.3 Å². The summed E-state index contributed by atoms with van der Waals surface area (Å²) in [7, 11) is 0. The van der Waals surface area contributed by atoms with Crippen molar-refractivity contribution < 1.29 is 20.4 Å². The summed E-state index contributed by atoms with van der Waals surface area (Å²) in [5.74, 6) is 1.92. The van der Waals surface area contributed by atoms with E-state index in [4.69, 9.17) is 5.11 Å². The third kappa shape index (κ3) is 15.1. The van der Waals surface area contributed by atoms with E-state index in [0.29, 0.717) is 0 Å². The molecule has 0 aromatic heterocycles. The van der Waals surface area contributed by atoms with Gasteiger partial charge in [0.2, 0.25) is 0 Å². The molecule has 0 aromatic carbocycles. The Balaban J connectivity index is 4.20. The molecule has 0 saturated carbocycles. The van der Waals surface area contributed by atoms with Gasteiger partial charge in [0, 0.05) is 0 Å². The standard InChI is InChI=1S/C21H44O4S2/c1-3-5-7-9-11-13-15-26-21(20(25)19(24)18(23)17-22)27-16-14-12-10-8-6-4-2/h18-25H,3-17H2,1-2H3. The first kappa shape index (κ1) is 27.5. The maximum atomic E-state index is 10.5. The first-order valence-corrected chi connectivity index (χ1v) is 13.1. The molecule has 0 aliphatic carbocycles. The molecule has 0 aliphatic rings. The van der Waals surface area contributed by atoms with Gasteiger partial charge in [-0.3, -0.25) is 0 Å². The third-order valence-corrected chi connectivity index (χ3v) is 7.85. The van der Waals surface area contributed by atoms with Gasteiger partial charge in [0.05, 0.1) is 11.2 Å². The Bertz CT molecular complexity index is 290. The van der Waals surface area contributed by atoms with Gasteiger partial charge in [-0.1, -0.05) is 78.1 Å². The highest BCUT2D eigenvalue weighted by Crippen LogP contribution is 2.31. The van der Waals surface area contributed by atoms with Crippen LogP contribution in [0.1, 0.15) is 90.9 Å². The van der Waals surface area contributed by atoms with Gasteiger partial charge in [0.15, 0.2) is 0 Å². The molecule has 0 spiro atoms. The van der Waals surface area contributed by atoms with Crippen molar-refractivity contribution in [2.75, 3.05) is 18.1 Å². The van der Waals surface area contributed by atoms with Crippen LogP contribution in [-0.2, 0) is 0 Å². The van der Waals surface area contributed by atoms with E-state index in [1.54, 1.807) is 23.5 Å². The Labute approximate surface area is 175 Å². The number of aliphatic hydroxyl groups is 4. The fourth-order valence-electron chi connectivity index (χ4n) is 2.91. The zero-order chi connectivity index (χ0) is 20.3. The van der Waals surface area contributed by atoms with E-state index < -0.39 is 24.9 Å². The van der Waals surface area contributed by atoms with Crippen molar-refractivity contribution in [2.24, 2.45) is 0 Å². The van der Waals surface area contributed by atoms with Gasteiger partial charge >= 0.3 is 0 Å². The molecule has 0 bridgehead atoms. The molecule has 0 aliphatic heterocycles. The maximum Gasteiger partial charge on any atom is 0.110 e. The largest absolute Gasteiger partial charge is 0.394 e. The second-order valence-electron chi connectivity index (χ2n) is 7.38. The summed E-state index contributed by atoms with van der Waals surface area (Å²) >= 11 is 3.36. The molecule has 0 amide bonds. The van der Waals surface area contributed by atoms with Crippen LogP contribution in [0.3, 0.4) is 0 Å². The van der Waals surface area contributed by atoms with Gasteiger partial charge < -0.3 is 20.4 Å². The molecule has 0 heterocycles. The lowest BCUT2D eigenvalue weighted by Gasteiger charge is -2.28. The summed E-state index contributed by atoms with van der Waals surface area (Å²) < 4.78 is -0.160. The minimum absolute atomic E-state index is 0.160. The molecule has 0 aromatic rings. The van der Waals surface area contributed by atoms with E-state index in [-0.39, 0.29) is 4.58 Å². The van der Waals surface area contributed by atoms with Gasteiger partial charge in [0.25, 0.3) is 0 Å². The summed E-state index contributed by atoms with van der Waals surface area (Å²) in [5.41, 5.74) is 0. The predicted molar refractivity (Wildman–Crippen MR) is 121 cm³/mol. The number of hydrogen-bond donors (Lipinski definition) is 4. The first-order chi connectivity index (χ1) is 13.1. The smallest absolute Gasteiger partial charge is 0.110 e. The third-order valence-electron chi connectivity index (χ3n) is 4.77. The highest BCUT2D eigenvalue weighted by Gasteiger charge is 2.31. The molecule has 4 nitrogen and oxygen atoms in total. The number of unbranched alkanes of at least 4 members (excludes halogenated alkanes) is 10. The van der Waals surface area contributed by atoms with Crippen LogP contribution in [0.25, 0.3) is 0 Å². The lowest BCUT2D eigenvalue weighted by atomic mass is 10.1. The second-order valence-corrected chi connectivity index (χ2v) is 10.2. The molecule has 0 radical (unpaired) electrons. The normalized spacial score (nSPS) is 15.2. The van der Waals surface area contributed by atoms with Crippen LogP contribution in [0.2, 0.25) is 0 Å². The Morgan fingerprint density at radius 2 is 1.00 bits per heavy atom. The van der Waals surface area contributed by atoms with Crippen LogP contribution in [0, 0.1) is 0 Å². The fraction of sp³-hybridized carbons (Fsp3) is 1.00. The number of rotatable bonds is 20. The molecule has 164 valence electrons. The van der Waals surface area contributed by atoms with Crippen LogP contribution >= 0.6 is 23.5 Å². The molecule has 0 fully saturated rings. The van der Waals surface area contributed by atoms with Gasteiger partial charge in [-0.25, -0.2) is 0 Å². The lowest BCUT2D eigenvalue weighted by Crippen LogP contribution is -2.44. The van der Waals surface area contributed by atoms with E-state index in [9.17, 15) is 15.3 Å². The van der Waals surface area contributed by atoms with Crippen molar-refractivity contribution in [1.29, 1.82) is 0 Å². The van der Waals surface area contributed by atoms with E-state index in [1.165, 1.54) is 64.2 Å². The minimum atomic E-state index is -1.30. The van der Waals surface area contributed by atoms with Crippen molar-refractivity contribution in [3.05, 3.63) is 0 Å². The molecule has 6 heteroatoms. The molecule has 0 saturated heterocycles. The Hall–Kier alpha value is 0.540. The summed E-state index contributed by atoms with van der Waals surface area (Å²) in [6.07, 6.45) is 11.3. The Kier molecular flexibility index (Phi) is 20.2. The van der Waals surface area contributed by atoms with Gasteiger partial charge in [-0.2, -0.15) is 0 Å². The van der Waals surface area contributed by atoms with Crippen LogP contribution < -0.4 is 0 Å². The van der Waals surface area contributed by atoms with Gasteiger partial charge in [-0.15, -0.1) is 23.5 Å². The van der Waals surface area contributed by atoms with Crippen molar-refractivity contribution >= 4 is 23.5 Å². The molecule has 0 rings (SSSR count). The maximum absolute atomic E-state index is 10.5. The average Bonchev–Trinajstić information content (AvgIpc) is 2.69. The van der Waals surface area contributed by atoms with E-state index >= 15 is 0 Å². The number of hydrogen-bond acceptors (Lipinski definition) is 6. The molecule has 27 heavy (non-hydrogen) atoms. The SMILES string of the molecule is CCCCCCCCSC(SCCCCCCCC)C(O)C(O)C(O)CO. The topological polar surface area (TPSA) is 80.9 Å². The quantitative estimate of drug-likeness (QED) is 0.169. The van der Waals surface area contributed by atoms with E-state index in [1.807, 2.05) is 0 Å². The summed E-state index contributed by atoms with van der Waals surface area (Å²) in [4.78, 5) is 0. The van der Waals surface area contributed by atoms with Crippen molar-refractivity contribution in [3.8, 4) is 0 Å². The molecule has 3 unspecified atom stereocenters. The number of aliphatic hydroxyl groups excluding tert-OH is 4. The molecule has 3 atom stereocenters. The van der Waals surface area contributed by atoms with Crippen LogP contribution in [0.5, 0.6) is 0 Å². The zero-order valence-electron chi connectivity index (χ0n) is 17.5. The fourth-order valence-corrected chi connectivity index (χ4v) is 5.79. The predicted octanol–water partition coefficient (Wildman–Crippen LogP) is 4.57. The monoisotopic (exact) mass is 424 g/mol.